The molecule has 2 N–H and O–H groups in total. The van der Waals surface area contributed by atoms with E-state index in [4.69, 9.17) is 5.73 Å². The van der Waals surface area contributed by atoms with Gasteiger partial charge in [0, 0.05) is 10.9 Å². The minimum Gasteiger partial charge on any atom is -0.324 e. The minimum absolute atomic E-state index is 0.0702. The van der Waals surface area contributed by atoms with Gasteiger partial charge < -0.3 is 5.73 Å². The number of hydrogen-bond acceptors (Lipinski definition) is 5. The van der Waals surface area contributed by atoms with Crippen LogP contribution in [0.4, 0.5) is 0 Å². The van der Waals surface area contributed by atoms with Crippen molar-refractivity contribution in [3.8, 4) is 0 Å². The van der Waals surface area contributed by atoms with Crippen molar-refractivity contribution in [2.45, 2.75) is 41.9 Å². The molecule has 1 fully saturated rings. The topological polar surface area (TPSA) is 69.6 Å². The Labute approximate surface area is 110 Å². The number of hydrogen-bond donors (Lipinski definition) is 1. The lowest BCUT2D eigenvalue weighted by Gasteiger charge is -2.06. The number of aromatic nitrogens is 4. The minimum atomic E-state index is 0.0702. The average Bonchev–Trinajstić information content (AvgIpc) is 3.11. The van der Waals surface area contributed by atoms with Crippen LogP contribution < -0.4 is 5.73 Å². The predicted molar refractivity (Wildman–Crippen MR) is 69.3 cm³/mol. The Morgan fingerprint density at radius 2 is 2.06 bits per heavy atom. The predicted octanol–water partition coefficient (Wildman–Crippen LogP) is 2.18. The van der Waals surface area contributed by atoms with Gasteiger partial charge in [-0.3, -0.25) is 0 Å². The quantitative estimate of drug-likeness (QED) is 0.913. The van der Waals surface area contributed by atoms with Crippen LogP contribution >= 0.6 is 11.8 Å². The van der Waals surface area contributed by atoms with Gasteiger partial charge in [0.05, 0.1) is 6.04 Å². The fourth-order valence-corrected chi connectivity index (χ4v) is 2.59. The third-order valence-corrected chi connectivity index (χ3v) is 3.93. The summed E-state index contributed by atoms with van der Waals surface area (Å²) in [5.74, 6) is 0. The van der Waals surface area contributed by atoms with Crippen molar-refractivity contribution in [2.75, 3.05) is 0 Å². The van der Waals surface area contributed by atoms with Crippen molar-refractivity contribution in [3.63, 3.8) is 0 Å². The van der Waals surface area contributed by atoms with Crippen molar-refractivity contribution in [2.24, 2.45) is 5.73 Å². The van der Waals surface area contributed by atoms with E-state index in [-0.39, 0.29) is 6.04 Å². The van der Waals surface area contributed by atoms with E-state index in [9.17, 15) is 0 Å². The standard InChI is InChI=1S/C12H15N5S/c1-8(13)9-2-6-11(7-3-9)18-12-14-15-16-17(12)10-4-5-10/h2-3,6-8,10H,4-5,13H2,1H3/t8-/m1/s1. The maximum atomic E-state index is 5.83. The first-order chi connectivity index (χ1) is 8.74. The van der Waals surface area contributed by atoms with E-state index in [2.05, 4.69) is 39.8 Å². The molecule has 0 saturated heterocycles. The molecule has 1 heterocycles. The van der Waals surface area contributed by atoms with Crippen LogP contribution in [0.15, 0.2) is 34.3 Å². The molecule has 0 bridgehead atoms. The van der Waals surface area contributed by atoms with Crippen LogP contribution in [0.2, 0.25) is 0 Å². The van der Waals surface area contributed by atoms with E-state index >= 15 is 0 Å². The van der Waals surface area contributed by atoms with Gasteiger partial charge in [-0.2, -0.15) is 0 Å². The molecule has 1 aromatic heterocycles. The summed E-state index contributed by atoms with van der Waals surface area (Å²) in [5, 5.41) is 12.7. The van der Waals surface area contributed by atoms with Crippen molar-refractivity contribution in [1.82, 2.24) is 20.2 Å². The molecule has 1 atom stereocenters. The zero-order valence-electron chi connectivity index (χ0n) is 10.2. The van der Waals surface area contributed by atoms with Gasteiger partial charge in [0.2, 0.25) is 5.16 Å². The molecule has 0 amide bonds. The summed E-state index contributed by atoms with van der Waals surface area (Å²) in [6.07, 6.45) is 2.37. The van der Waals surface area contributed by atoms with Crippen LogP contribution in [0.25, 0.3) is 0 Å². The zero-order chi connectivity index (χ0) is 12.5. The molecule has 1 aliphatic rings. The van der Waals surface area contributed by atoms with Gasteiger partial charge in [0.25, 0.3) is 0 Å². The monoisotopic (exact) mass is 261 g/mol. The Balaban J connectivity index is 1.77. The number of rotatable bonds is 4. The van der Waals surface area contributed by atoms with E-state index in [0.29, 0.717) is 6.04 Å². The zero-order valence-corrected chi connectivity index (χ0v) is 11.0. The lowest BCUT2D eigenvalue weighted by molar-refractivity contribution is 0.565. The number of tetrazole rings is 1. The molecular formula is C12H15N5S. The first-order valence-corrected chi connectivity index (χ1v) is 6.87. The molecule has 6 heteroatoms. The van der Waals surface area contributed by atoms with Crippen LogP contribution in [-0.4, -0.2) is 20.2 Å². The number of nitrogens with two attached hydrogens (primary N) is 1. The largest absolute Gasteiger partial charge is 0.324 e. The highest BCUT2D eigenvalue weighted by molar-refractivity contribution is 7.99. The van der Waals surface area contributed by atoms with Crippen molar-refractivity contribution in [1.29, 1.82) is 0 Å². The molecule has 0 radical (unpaired) electrons. The second-order valence-corrected chi connectivity index (χ2v) is 5.64. The molecule has 0 spiro atoms. The van der Waals surface area contributed by atoms with Crippen LogP contribution in [0.1, 0.15) is 37.4 Å². The third kappa shape index (κ3) is 2.39. The molecule has 1 saturated carbocycles. The van der Waals surface area contributed by atoms with Crippen molar-refractivity contribution < 1.29 is 0 Å². The van der Waals surface area contributed by atoms with Crippen LogP contribution in [0.5, 0.6) is 0 Å². The van der Waals surface area contributed by atoms with Gasteiger partial charge in [-0.05, 0) is 59.7 Å². The highest BCUT2D eigenvalue weighted by atomic mass is 32.2. The van der Waals surface area contributed by atoms with E-state index in [1.807, 2.05) is 11.6 Å². The Morgan fingerprint density at radius 1 is 1.33 bits per heavy atom. The molecular weight excluding hydrogens is 246 g/mol. The van der Waals surface area contributed by atoms with Crippen LogP contribution in [0.3, 0.4) is 0 Å². The van der Waals surface area contributed by atoms with Gasteiger partial charge in [-0.1, -0.05) is 12.1 Å². The number of nitrogens with zero attached hydrogens (tertiary/aromatic N) is 4. The molecule has 2 aromatic rings. The maximum Gasteiger partial charge on any atom is 0.214 e. The van der Waals surface area contributed by atoms with Gasteiger partial charge in [0.1, 0.15) is 0 Å². The molecule has 18 heavy (non-hydrogen) atoms. The van der Waals surface area contributed by atoms with Crippen molar-refractivity contribution in [3.05, 3.63) is 29.8 Å². The lowest BCUT2D eigenvalue weighted by atomic mass is 10.1. The second kappa shape index (κ2) is 4.70. The van der Waals surface area contributed by atoms with Gasteiger partial charge in [0.15, 0.2) is 0 Å². The highest BCUT2D eigenvalue weighted by Crippen LogP contribution is 2.37. The van der Waals surface area contributed by atoms with E-state index in [0.717, 1.165) is 15.6 Å². The average molecular weight is 261 g/mol. The highest BCUT2D eigenvalue weighted by Gasteiger charge is 2.28. The normalized spacial score (nSPS) is 16.8. The summed E-state index contributed by atoms with van der Waals surface area (Å²) < 4.78 is 1.92. The smallest absolute Gasteiger partial charge is 0.214 e. The first-order valence-electron chi connectivity index (χ1n) is 6.05. The van der Waals surface area contributed by atoms with Gasteiger partial charge in [-0.25, -0.2) is 4.68 Å². The number of benzene rings is 1. The Hall–Kier alpha value is -1.40. The Bertz CT molecular complexity index is 530. The van der Waals surface area contributed by atoms with E-state index in [1.165, 1.54) is 12.8 Å². The van der Waals surface area contributed by atoms with E-state index in [1.54, 1.807) is 11.8 Å². The summed E-state index contributed by atoms with van der Waals surface area (Å²) in [6.45, 7) is 1.98. The summed E-state index contributed by atoms with van der Waals surface area (Å²) >= 11 is 1.60. The maximum absolute atomic E-state index is 5.83. The van der Waals surface area contributed by atoms with Crippen LogP contribution in [-0.2, 0) is 0 Å². The lowest BCUT2D eigenvalue weighted by Crippen LogP contribution is -2.04. The van der Waals surface area contributed by atoms with Crippen LogP contribution in [0, 0.1) is 0 Å². The third-order valence-electron chi connectivity index (χ3n) is 2.97. The van der Waals surface area contributed by atoms with Crippen molar-refractivity contribution >= 4 is 11.8 Å². The SMILES string of the molecule is C[C@@H](N)c1ccc(Sc2nnnn2C2CC2)cc1. The Kier molecular flexibility index (Phi) is 3.05. The van der Waals surface area contributed by atoms with E-state index < -0.39 is 0 Å². The molecule has 1 aromatic carbocycles. The summed E-state index contributed by atoms with van der Waals surface area (Å²) in [4.78, 5) is 1.14. The molecule has 0 aliphatic heterocycles. The fraction of sp³-hybridized carbons (Fsp3) is 0.417. The Morgan fingerprint density at radius 3 is 2.67 bits per heavy atom. The summed E-state index contributed by atoms with van der Waals surface area (Å²) in [6, 6.07) is 8.81. The first kappa shape index (κ1) is 11.7. The fourth-order valence-electron chi connectivity index (χ4n) is 1.75. The van der Waals surface area contributed by atoms with Gasteiger partial charge in [-0.15, -0.1) is 5.10 Å². The molecule has 0 unspecified atom stereocenters. The molecule has 3 rings (SSSR count). The second-order valence-electron chi connectivity index (χ2n) is 4.60. The molecule has 94 valence electrons. The summed E-state index contributed by atoms with van der Waals surface area (Å²) in [7, 11) is 0. The van der Waals surface area contributed by atoms with Gasteiger partial charge >= 0.3 is 0 Å². The molecule has 1 aliphatic carbocycles. The summed E-state index contributed by atoms with van der Waals surface area (Å²) in [5.41, 5.74) is 6.97. The molecule has 5 nitrogen and oxygen atoms in total.